The fourth-order valence-corrected chi connectivity index (χ4v) is 4.24. The molecule has 4 nitrogen and oxygen atoms in total. The van der Waals surface area contributed by atoms with E-state index in [1.807, 2.05) is 30.3 Å². The lowest BCUT2D eigenvalue weighted by Gasteiger charge is -2.09. The van der Waals surface area contributed by atoms with Crippen LogP contribution in [0.1, 0.15) is 31.2 Å². The molecule has 0 radical (unpaired) electrons. The van der Waals surface area contributed by atoms with Crippen LogP contribution in [-0.4, -0.2) is 17.4 Å². The highest BCUT2D eigenvalue weighted by molar-refractivity contribution is 7.90. The molecule has 0 saturated carbocycles. The van der Waals surface area contributed by atoms with Crippen molar-refractivity contribution in [3.05, 3.63) is 59.9 Å². The molecule has 0 spiro atoms. The van der Waals surface area contributed by atoms with Crippen LogP contribution in [0.15, 0.2) is 53.4 Å². The van der Waals surface area contributed by atoms with E-state index in [9.17, 15) is 8.42 Å². The van der Waals surface area contributed by atoms with E-state index in [1.54, 1.807) is 25.1 Å². The molecule has 0 aliphatic heterocycles. The summed E-state index contributed by atoms with van der Waals surface area (Å²) < 4.78 is 27.3. The van der Waals surface area contributed by atoms with Gasteiger partial charge in [0.1, 0.15) is 5.82 Å². The van der Waals surface area contributed by atoms with E-state index in [4.69, 9.17) is 0 Å². The summed E-state index contributed by atoms with van der Waals surface area (Å²) >= 11 is 0. The third-order valence-electron chi connectivity index (χ3n) is 3.96. The molecule has 0 atom stereocenters. The number of unbranched alkanes of at least 4 members (excludes halogenated alkanes) is 1. The molecule has 0 amide bonds. The van der Waals surface area contributed by atoms with Gasteiger partial charge in [0.25, 0.3) is 10.0 Å². The first kappa shape index (κ1) is 15.7. The van der Waals surface area contributed by atoms with Gasteiger partial charge < -0.3 is 0 Å². The van der Waals surface area contributed by atoms with Gasteiger partial charge in [0.2, 0.25) is 0 Å². The van der Waals surface area contributed by atoms with Crippen molar-refractivity contribution in [3.8, 4) is 0 Å². The summed E-state index contributed by atoms with van der Waals surface area (Å²) in [4.78, 5) is 4.64. The Hall–Kier alpha value is -2.14. The van der Waals surface area contributed by atoms with Gasteiger partial charge in [-0.1, -0.05) is 37.6 Å². The molecule has 0 aliphatic rings. The Morgan fingerprint density at radius 3 is 2.43 bits per heavy atom. The summed E-state index contributed by atoms with van der Waals surface area (Å²) in [5.74, 6) is 0.473. The number of imidazole rings is 1. The van der Waals surface area contributed by atoms with Crippen LogP contribution in [0.3, 0.4) is 0 Å². The van der Waals surface area contributed by atoms with Gasteiger partial charge in [-0.25, -0.2) is 17.4 Å². The molecule has 0 unspecified atom stereocenters. The van der Waals surface area contributed by atoms with Crippen LogP contribution >= 0.6 is 0 Å². The number of aryl methyl sites for hydroxylation is 2. The molecule has 0 N–H and O–H groups in total. The lowest BCUT2D eigenvalue weighted by atomic mass is 10.1. The Balaban J connectivity index is 2.05. The summed E-state index contributed by atoms with van der Waals surface area (Å²) in [7, 11) is -3.64. The van der Waals surface area contributed by atoms with Crippen molar-refractivity contribution in [1.29, 1.82) is 0 Å². The van der Waals surface area contributed by atoms with Crippen LogP contribution < -0.4 is 0 Å². The monoisotopic (exact) mass is 328 g/mol. The SMILES string of the molecule is CCCCc1ccc(S(=O)(=O)n2c(C)nc3ccccc32)cc1. The molecule has 0 bridgehead atoms. The van der Waals surface area contributed by atoms with Crippen LogP contribution in [-0.2, 0) is 16.4 Å². The number of benzene rings is 2. The lowest BCUT2D eigenvalue weighted by molar-refractivity contribution is 0.587. The minimum Gasteiger partial charge on any atom is -0.232 e. The molecule has 0 aliphatic carbocycles. The summed E-state index contributed by atoms with van der Waals surface area (Å²) in [6.07, 6.45) is 3.21. The second kappa shape index (κ2) is 6.16. The number of hydrogen-bond acceptors (Lipinski definition) is 3. The fourth-order valence-electron chi connectivity index (χ4n) is 2.74. The third kappa shape index (κ3) is 2.88. The van der Waals surface area contributed by atoms with Crippen LogP contribution in [0.4, 0.5) is 0 Å². The van der Waals surface area contributed by atoms with Crippen molar-refractivity contribution >= 4 is 21.1 Å². The normalized spacial score (nSPS) is 11.9. The highest BCUT2D eigenvalue weighted by Crippen LogP contribution is 2.23. The number of para-hydroxylation sites is 2. The average molecular weight is 328 g/mol. The van der Waals surface area contributed by atoms with E-state index in [2.05, 4.69) is 11.9 Å². The van der Waals surface area contributed by atoms with Crippen molar-refractivity contribution < 1.29 is 8.42 Å². The molecule has 3 rings (SSSR count). The third-order valence-corrected chi connectivity index (χ3v) is 5.77. The maximum atomic E-state index is 13.0. The summed E-state index contributed by atoms with van der Waals surface area (Å²) in [6.45, 7) is 3.86. The lowest BCUT2D eigenvalue weighted by Crippen LogP contribution is -2.14. The molecule has 2 aromatic carbocycles. The van der Waals surface area contributed by atoms with Gasteiger partial charge in [-0.3, -0.25) is 0 Å². The van der Waals surface area contributed by atoms with Crippen LogP contribution in [0, 0.1) is 6.92 Å². The summed E-state index contributed by atoms with van der Waals surface area (Å²) in [6, 6.07) is 14.5. The number of nitrogens with zero attached hydrogens (tertiary/aromatic N) is 2. The van der Waals surface area contributed by atoms with Gasteiger partial charge in [0, 0.05) is 0 Å². The van der Waals surface area contributed by atoms with Crippen molar-refractivity contribution in [3.63, 3.8) is 0 Å². The number of rotatable bonds is 5. The smallest absolute Gasteiger partial charge is 0.232 e. The van der Waals surface area contributed by atoms with Gasteiger partial charge >= 0.3 is 0 Å². The first-order valence-electron chi connectivity index (χ1n) is 7.82. The van der Waals surface area contributed by atoms with E-state index in [0.29, 0.717) is 21.8 Å². The average Bonchev–Trinajstić information content (AvgIpc) is 2.89. The maximum absolute atomic E-state index is 13.0. The van der Waals surface area contributed by atoms with Gasteiger partial charge in [0.05, 0.1) is 15.9 Å². The van der Waals surface area contributed by atoms with E-state index < -0.39 is 10.0 Å². The molecular formula is C18H20N2O2S. The van der Waals surface area contributed by atoms with E-state index in [1.165, 1.54) is 3.97 Å². The Morgan fingerprint density at radius 1 is 1.04 bits per heavy atom. The molecule has 0 saturated heterocycles. The van der Waals surface area contributed by atoms with Crippen LogP contribution in [0.25, 0.3) is 11.0 Å². The first-order chi connectivity index (χ1) is 11.0. The Morgan fingerprint density at radius 2 is 1.74 bits per heavy atom. The molecule has 3 aromatic rings. The Labute approximate surface area is 136 Å². The van der Waals surface area contributed by atoms with Gasteiger partial charge in [-0.2, -0.15) is 0 Å². The van der Waals surface area contributed by atoms with E-state index >= 15 is 0 Å². The predicted molar refractivity (Wildman–Crippen MR) is 92.1 cm³/mol. The van der Waals surface area contributed by atoms with Crippen LogP contribution in [0.2, 0.25) is 0 Å². The highest BCUT2D eigenvalue weighted by atomic mass is 32.2. The predicted octanol–water partition coefficient (Wildman–Crippen LogP) is 3.92. The largest absolute Gasteiger partial charge is 0.269 e. The molecule has 23 heavy (non-hydrogen) atoms. The Bertz CT molecular complexity index is 925. The van der Waals surface area contributed by atoms with E-state index in [-0.39, 0.29) is 0 Å². The zero-order valence-electron chi connectivity index (χ0n) is 13.4. The molecular weight excluding hydrogens is 308 g/mol. The summed E-state index contributed by atoms with van der Waals surface area (Å²) in [5.41, 5.74) is 2.46. The second-order valence-electron chi connectivity index (χ2n) is 5.66. The molecule has 1 aromatic heterocycles. The molecule has 0 fully saturated rings. The van der Waals surface area contributed by atoms with E-state index in [0.717, 1.165) is 24.8 Å². The molecule has 120 valence electrons. The van der Waals surface area contributed by atoms with Gasteiger partial charge in [0.15, 0.2) is 0 Å². The van der Waals surface area contributed by atoms with Crippen molar-refractivity contribution in [2.24, 2.45) is 0 Å². The van der Waals surface area contributed by atoms with Crippen LogP contribution in [0.5, 0.6) is 0 Å². The quantitative estimate of drug-likeness (QED) is 0.713. The molecule has 1 heterocycles. The minimum atomic E-state index is -3.64. The highest BCUT2D eigenvalue weighted by Gasteiger charge is 2.22. The molecule has 5 heteroatoms. The number of hydrogen-bond donors (Lipinski definition) is 0. The zero-order valence-corrected chi connectivity index (χ0v) is 14.2. The van der Waals surface area contributed by atoms with Gasteiger partial charge in [-0.15, -0.1) is 0 Å². The summed E-state index contributed by atoms with van der Waals surface area (Å²) in [5, 5.41) is 0. The van der Waals surface area contributed by atoms with Gasteiger partial charge in [-0.05, 0) is 49.6 Å². The standard InChI is InChI=1S/C18H20N2O2S/c1-3-4-7-15-10-12-16(13-11-15)23(21,22)20-14(2)19-17-8-5-6-9-18(17)20/h5-6,8-13H,3-4,7H2,1-2H3. The topological polar surface area (TPSA) is 52.0 Å². The first-order valence-corrected chi connectivity index (χ1v) is 9.26. The minimum absolute atomic E-state index is 0.295. The maximum Gasteiger partial charge on any atom is 0.269 e. The Kier molecular flexibility index (Phi) is 4.22. The van der Waals surface area contributed by atoms with Crippen molar-refractivity contribution in [1.82, 2.24) is 8.96 Å². The number of aromatic nitrogens is 2. The van der Waals surface area contributed by atoms with Crippen molar-refractivity contribution in [2.75, 3.05) is 0 Å². The fraction of sp³-hybridized carbons (Fsp3) is 0.278. The second-order valence-corrected chi connectivity index (χ2v) is 7.45. The zero-order chi connectivity index (χ0) is 16.4. The van der Waals surface area contributed by atoms with Crippen molar-refractivity contribution in [2.45, 2.75) is 38.0 Å². The number of fused-ring (bicyclic) bond motifs is 1.